The first-order valence-corrected chi connectivity index (χ1v) is 11.4. The fourth-order valence-corrected chi connectivity index (χ4v) is 4.85. The Balaban J connectivity index is 1.57. The van der Waals surface area contributed by atoms with Crippen LogP contribution in [0.5, 0.6) is 0 Å². The molecular weight excluding hydrogens is 388 g/mol. The topological polar surface area (TPSA) is 56.8 Å². The molecule has 3 amide bonds. The summed E-state index contributed by atoms with van der Waals surface area (Å²) < 4.78 is 0. The van der Waals surface area contributed by atoms with Gasteiger partial charge in [0, 0.05) is 31.9 Å². The van der Waals surface area contributed by atoms with Crippen LogP contribution in [-0.4, -0.2) is 62.8 Å². The highest BCUT2D eigenvalue weighted by Gasteiger charge is 2.57. The monoisotopic (exact) mass is 420 g/mol. The van der Waals surface area contributed by atoms with Crippen molar-refractivity contribution in [3.63, 3.8) is 0 Å². The zero-order chi connectivity index (χ0) is 21.8. The summed E-state index contributed by atoms with van der Waals surface area (Å²) >= 11 is 0. The van der Waals surface area contributed by atoms with Gasteiger partial charge in [0.05, 0.1) is 12.2 Å². The number of imide groups is 1. The van der Waals surface area contributed by atoms with Crippen molar-refractivity contribution in [3.8, 4) is 0 Å². The molecule has 6 nitrogen and oxygen atoms in total. The van der Waals surface area contributed by atoms with Gasteiger partial charge < -0.3 is 9.80 Å². The zero-order valence-electron chi connectivity index (χ0n) is 18.5. The number of rotatable bonds is 7. The average molecular weight is 421 g/mol. The van der Waals surface area contributed by atoms with Crippen molar-refractivity contribution in [3.05, 3.63) is 66.0 Å². The summed E-state index contributed by atoms with van der Waals surface area (Å²) in [6.45, 7) is 6.90. The molecular formula is C25H32N4O2. The molecule has 31 heavy (non-hydrogen) atoms. The highest BCUT2D eigenvalue weighted by molar-refractivity contribution is 6.07. The molecule has 1 unspecified atom stereocenters. The van der Waals surface area contributed by atoms with E-state index in [0.29, 0.717) is 25.4 Å². The van der Waals surface area contributed by atoms with Crippen molar-refractivity contribution in [2.24, 2.45) is 0 Å². The number of aromatic nitrogens is 1. The lowest BCUT2D eigenvalue weighted by Gasteiger charge is -2.44. The van der Waals surface area contributed by atoms with Gasteiger partial charge in [-0.2, -0.15) is 0 Å². The number of pyridine rings is 1. The molecule has 2 fully saturated rings. The molecule has 0 aliphatic carbocycles. The molecule has 1 aromatic heterocycles. The SMILES string of the molecule is CCC(C)N1CCC2(CC1)C(=O)N(Cc1ccccn1)C(=O)N2CCc1ccccc1. The minimum atomic E-state index is -0.732. The lowest BCUT2D eigenvalue weighted by atomic mass is 9.85. The number of benzene rings is 1. The quantitative estimate of drug-likeness (QED) is 0.641. The van der Waals surface area contributed by atoms with Gasteiger partial charge in [-0.25, -0.2) is 4.79 Å². The molecule has 2 aromatic rings. The van der Waals surface area contributed by atoms with Crippen LogP contribution in [0.4, 0.5) is 4.79 Å². The number of nitrogens with zero attached hydrogens (tertiary/aromatic N) is 4. The van der Waals surface area contributed by atoms with E-state index < -0.39 is 5.54 Å². The molecule has 0 N–H and O–H groups in total. The Morgan fingerprint density at radius 2 is 1.74 bits per heavy atom. The van der Waals surface area contributed by atoms with Crippen LogP contribution in [0, 0.1) is 0 Å². The number of piperidine rings is 1. The average Bonchev–Trinajstić information content (AvgIpc) is 3.00. The molecule has 2 aliphatic rings. The number of hydrogen-bond donors (Lipinski definition) is 0. The van der Waals surface area contributed by atoms with Crippen LogP contribution in [0.2, 0.25) is 0 Å². The maximum absolute atomic E-state index is 13.7. The molecule has 2 saturated heterocycles. The van der Waals surface area contributed by atoms with Gasteiger partial charge in [0.2, 0.25) is 0 Å². The Morgan fingerprint density at radius 3 is 2.39 bits per heavy atom. The van der Waals surface area contributed by atoms with Crippen molar-refractivity contribution in [1.29, 1.82) is 0 Å². The van der Waals surface area contributed by atoms with Crippen molar-refractivity contribution in [2.45, 2.75) is 57.7 Å². The minimum Gasteiger partial charge on any atom is -0.309 e. The second-order valence-corrected chi connectivity index (χ2v) is 8.71. The third-order valence-electron chi connectivity index (χ3n) is 6.97. The van der Waals surface area contributed by atoms with E-state index in [-0.39, 0.29) is 18.5 Å². The Labute approximate surface area is 184 Å². The fourth-order valence-electron chi connectivity index (χ4n) is 4.85. The molecule has 0 bridgehead atoms. The van der Waals surface area contributed by atoms with Crippen molar-refractivity contribution in [2.75, 3.05) is 19.6 Å². The van der Waals surface area contributed by atoms with E-state index in [0.717, 1.165) is 31.6 Å². The van der Waals surface area contributed by atoms with Crippen LogP contribution in [0.1, 0.15) is 44.4 Å². The summed E-state index contributed by atoms with van der Waals surface area (Å²) in [6, 6.07) is 16.1. The number of urea groups is 1. The van der Waals surface area contributed by atoms with E-state index in [1.165, 1.54) is 10.5 Å². The first-order chi connectivity index (χ1) is 15.0. The van der Waals surface area contributed by atoms with Gasteiger partial charge in [0.15, 0.2) is 0 Å². The summed E-state index contributed by atoms with van der Waals surface area (Å²) in [7, 11) is 0. The van der Waals surface area contributed by atoms with Gasteiger partial charge in [-0.1, -0.05) is 43.3 Å². The number of likely N-dealkylation sites (tertiary alicyclic amines) is 1. The van der Waals surface area contributed by atoms with Crippen LogP contribution >= 0.6 is 0 Å². The molecule has 3 heterocycles. The van der Waals surface area contributed by atoms with Crippen LogP contribution in [0.25, 0.3) is 0 Å². The van der Waals surface area contributed by atoms with E-state index in [2.05, 4.69) is 35.9 Å². The van der Waals surface area contributed by atoms with Crippen LogP contribution in [-0.2, 0) is 17.8 Å². The van der Waals surface area contributed by atoms with Crippen molar-refractivity contribution < 1.29 is 9.59 Å². The summed E-state index contributed by atoms with van der Waals surface area (Å²) in [5, 5.41) is 0. The standard InChI is InChI=1S/C25H32N4O2/c1-3-20(2)27-17-13-25(14-18-27)23(30)28(19-22-11-7-8-15-26-22)24(31)29(25)16-12-21-9-5-4-6-10-21/h4-11,15,20H,3,12-14,16-19H2,1-2H3. The number of amides is 3. The van der Waals surface area contributed by atoms with Gasteiger partial charge in [-0.15, -0.1) is 0 Å². The third kappa shape index (κ3) is 4.22. The third-order valence-corrected chi connectivity index (χ3v) is 6.97. The lowest BCUT2D eigenvalue weighted by Crippen LogP contribution is -2.58. The summed E-state index contributed by atoms with van der Waals surface area (Å²) in [4.78, 5) is 37.2. The second kappa shape index (κ2) is 9.18. The summed E-state index contributed by atoms with van der Waals surface area (Å²) in [5.41, 5.74) is 1.18. The molecule has 2 aliphatic heterocycles. The Bertz CT molecular complexity index is 894. The molecule has 0 saturated carbocycles. The Kier molecular flexibility index (Phi) is 6.37. The van der Waals surface area contributed by atoms with E-state index in [9.17, 15) is 9.59 Å². The maximum Gasteiger partial charge on any atom is 0.328 e. The van der Waals surface area contributed by atoms with Gasteiger partial charge in [0.25, 0.3) is 5.91 Å². The van der Waals surface area contributed by atoms with E-state index in [1.807, 2.05) is 41.3 Å². The zero-order valence-corrected chi connectivity index (χ0v) is 18.5. The molecule has 1 atom stereocenters. The number of carbonyl (C=O) groups excluding carboxylic acids is 2. The largest absolute Gasteiger partial charge is 0.328 e. The molecule has 6 heteroatoms. The van der Waals surface area contributed by atoms with E-state index >= 15 is 0 Å². The molecule has 164 valence electrons. The highest BCUT2D eigenvalue weighted by Crippen LogP contribution is 2.38. The highest BCUT2D eigenvalue weighted by atomic mass is 16.2. The van der Waals surface area contributed by atoms with Gasteiger partial charge in [0.1, 0.15) is 5.54 Å². The Morgan fingerprint density at radius 1 is 1.03 bits per heavy atom. The predicted octanol–water partition coefficient (Wildman–Crippen LogP) is 3.72. The lowest BCUT2D eigenvalue weighted by molar-refractivity contribution is -0.136. The first-order valence-electron chi connectivity index (χ1n) is 11.4. The van der Waals surface area contributed by atoms with Crippen LogP contribution < -0.4 is 0 Å². The maximum atomic E-state index is 13.7. The minimum absolute atomic E-state index is 0.0555. The number of hydrogen-bond acceptors (Lipinski definition) is 4. The summed E-state index contributed by atoms with van der Waals surface area (Å²) in [5.74, 6) is -0.0555. The van der Waals surface area contributed by atoms with Crippen molar-refractivity contribution >= 4 is 11.9 Å². The number of carbonyl (C=O) groups is 2. The predicted molar refractivity (Wildman–Crippen MR) is 120 cm³/mol. The molecule has 1 aromatic carbocycles. The van der Waals surface area contributed by atoms with E-state index in [1.54, 1.807) is 6.20 Å². The Hall–Kier alpha value is -2.73. The summed E-state index contributed by atoms with van der Waals surface area (Å²) in [6.07, 6.45) is 4.91. The molecule has 4 rings (SSSR count). The first kappa shape index (κ1) is 21.5. The van der Waals surface area contributed by atoms with Crippen molar-refractivity contribution in [1.82, 2.24) is 19.7 Å². The van der Waals surface area contributed by atoms with Gasteiger partial charge >= 0.3 is 6.03 Å². The molecule has 1 spiro atoms. The molecule has 0 radical (unpaired) electrons. The smallest absolute Gasteiger partial charge is 0.309 e. The normalized spacial score (nSPS) is 19.9. The van der Waals surface area contributed by atoms with E-state index in [4.69, 9.17) is 0 Å². The van der Waals surface area contributed by atoms with Crippen LogP contribution in [0.15, 0.2) is 54.7 Å². The van der Waals surface area contributed by atoms with Gasteiger partial charge in [-0.05, 0) is 50.3 Å². The van der Waals surface area contributed by atoms with Crippen LogP contribution in [0.3, 0.4) is 0 Å². The second-order valence-electron chi connectivity index (χ2n) is 8.71. The fraction of sp³-hybridized carbons (Fsp3) is 0.480. The van der Waals surface area contributed by atoms with Gasteiger partial charge in [-0.3, -0.25) is 14.7 Å².